The Bertz CT molecular complexity index is 1160. The summed E-state index contributed by atoms with van der Waals surface area (Å²) in [4.78, 5) is 14.7. The highest BCUT2D eigenvalue weighted by Crippen LogP contribution is 2.24. The van der Waals surface area contributed by atoms with Crippen LogP contribution in [0.1, 0.15) is 21.5 Å². The zero-order chi connectivity index (χ0) is 21.9. The van der Waals surface area contributed by atoms with Crippen molar-refractivity contribution in [1.82, 2.24) is 4.90 Å². The molecule has 3 aromatic carbocycles. The van der Waals surface area contributed by atoms with Crippen LogP contribution in [0.15, 0.2) is 77.7 Å². The second kappa shape index (κ2) is 8.90. The van der Waals surface area contributed by atoms with E-state index in [0.29, 0.717) is 22.8 Å². The molecule has 156 valence electrons. The van der Waals surface area contributed by atoms with Crippen LogP contribution in [0, 0.1) is 6.92 Å². The van der Waals surface area contributed by atoms with Crippen LogP contribution in [0.25, 0.3) is 0 Å². The van der Waals surface area contributed by atoms with Crippen LogP contribution in [-0.2, 0) is 16.6 Å². The highest BCUT2D eigenvalue weighted by atomic mass is 35.5. The van der Waals surface area contributed by atoms with Gasteiger partial charge in [0.1, 0.15) is 0 Å². The molecule has 0 radical (unpaired) electrons. The van der Waals surface area contributed by atoms with Crippen LogP contribution in [0.5, 0.6) is 0 Å². The molecule has 0 aliphatic carbocycles. The van der Waals surface area contributed by atoms with E-state index in [-0.39, 0.29) is 10.8 Å². The van der Waals surface area contributed by atoms with Crippen molar-refractivity contribution in [3.05, 3.63) is 94.5 Å². The highest BCUT2D eigenvalue weighted by molar-refractivity contribution is 7.92. The zero-order valence-corrected chi connectivity index (χ0v) is 18.6. The lowest BCUT2D eigenvalue weighted by atomic mass is 10.1. The number of aryl methyl sites for hydroxylation is 1. The molecule has 30 heavy (non-hydrogen) atoms. The first-order chi connectivity index (χ1) is 14.2. The van der Waals surface area contributed by atoms with Crippen molar-refractivity contribution in [3.63, 3.8) is 0 Å². The normalized spacial score (nSPS) is 11.2. The molecule has 7 heteroatoms. The highest BCUT2D eigenvalue weighted by Gasteiger charge is 2.22. The Morgan fingerprint density at radius 1 is 0.933 bits per heavy atom. The smallest absolute Gasteiger partial charge is 0.264 e. The molecular formula is C23H23ClN2O3S. The summed E-state index contributed by atoms with van der Waals surface area (Å²) in [5, 5.41) is 0.592. The summed E-state index contributed by atoms with van der Waals surface area (Å²) in [6.07, 6.45) is 0. The lowest BCUT2D eigenvalue weighted by molar-refractivity contribution is 0.0785. The SMILES string of the molecule is Cc1ccc(S(=O)(=O)N(C)c2cccc(C(=O)N(C)Cc3ccccc3Cl)c2)cc1. The van der Waals surface area contributed by atoms with Gasteiger partial charge in [-0.1, -0.05) is 53.6 Å². The Hall–Kier alpha value is -2.83. The summed E-state index contributed by atoms with van der Waals surface area (Å²) in [5.41, 5.74) is 2.62. The number of amides is 1. The molecule has 3 aromatic rings. The quantitative estimate of drug-likeness (QED) is 0.553. The van der Waals surface area contributed by atoms with Crippen molar-refractivity contribution in [1.29, 1.82) is 0 Å². The Morgan fingerprint density at radius 3 is 2.27 bits per heavy atom. The third-order valence-corrected chi connectivity index (χ3v) is 7.02. The molecule has 0 fully saturated rings. The van der Waals surface area contributed by atoms with Crippen molar-refractivity contribution < 1.29 is 13.2 Å². The molecule has 0 spiro atoms. The van der Waals surface area contributed by atoms with E-state index in [1.54, 1.807) is 66.5 Å². The molecule has 0 atom stereocenters. The van der Waals surface area contributed by atoms with Gasteiger partial charge in [-0.3, -0.25) is 9.10 Å². The lowest BCUT2D eigenvalue weighted by Crippen LogP contribution is -2.28. The predicted octanol–water partition coefficient (Wildman–Crippen LogP) is 4.75. The van der Waals surface area contributed by atoms with Crippen LogP contribution in [0.2, 0.25) is 5.02 Å². The summed E-state index contributed by atoms with van der Waals surface area (Å²) >= 11 is 6.19. The van der Waals surface area contributed by atoms with E-state index in [9.17, 15) is 13.2 Å². The maximum Gasteiger partial charge on any atom is 0.264 e. The van der Waals surface area contributed by atoms with E-state index in [4.69, 9.17) is 11.6 Å². The number of benzene rings is 3. The van der Waals surface area contributed by atoms with E-state index in [2.05, 4.69) is 0 Å². The van der Waals surface area contributed by atoms with Crippen molar-refractivity contribution in [3.8, 4) is 0 Å². The van der Waals surface area contributed by atoms with Gasteiger partial charge in [-0.15, -0.1) is 0 Å². The topological polar surface area (TPSA) is 57.7 Å². The average molecular weight is 443 g/mol. The van der Waals surface area contributed by atoms with Crippen LogP contribution in [-0.4, -0.2) is 33.3 Å². The average Bonchev–Trinajstić information content (AvgIpc) is 2.74. The Balaban J connectivity index is 1.83. The van der Waals surface area contributed by atoms with E-state index in [1.807, 2.05) is 25.1 Å². The Kier molecular flexibility index (Phi) is 6.48. The van der Waals surface area contributed by atoms with Gasteiger partial charge in [0.05, 0.1) is 10.6 Å². The van der Waals surface area contributed by atoms with Crippen molar-refractivity contribution in [2.75, 3.05) is 18.4 Å². The summed E-state index contributed by atoms with van der Waals surface area (Å²) in [6.45, 7) is 2.24. The van der Waals surface area contributed by atoms with Crippen LogP contribution in [0.3, 0.4) is 0 Å². The zero-order valence-electron chi connectivity index (χ0n) is 17.0. The van der Waals surface area contributed by atoms with Gasteiger partial charge in [-0.25, -0.2) is 8.42 Å². The monoisotopic (exact) mass is 442 g/mol. The maximum atomic E-state index is 13.0. The first kappa shape index (κ1) is 21.9. The van der Waals surface area contributed by atoms with Gasteiger partial charge in [0.25, 0.3) is 15.9 Å². The largest absolute Gasteiger partial charge is 0.337 e. The summed E-state index contributed by atoms with van der Waals surface area (Å²) in [6, 6.07) is 20.6. The van der Waals surface area contributed by atoms with E-state index in [0.717, 1.165) is 11.1 Å². The number of nitrogens with zero attached hydrogens (tertiary/aromatic N) is 2. The van der Waals surface area contributed by atoms with Gasteiger partial charge in [0.15, 0.2) is 0 Å². The number of rotatable bonds is 6. The maximum absolute atomic E-state index is 13.0. The summed E-state index contributed by atoms with van der Waals surface area (Å²) in [5.74, 6) is -0.224. The fraction of sp³-hybridized carbons (Fsp3) is 0.174. The van der Waals surface area contributed by atoms with Crippen molar-refractivity contribution in [2.45, 2.75) is 18.4 Å². The van der Waals surface area contributed by atoms with Crippen molar-refractivity contribution >= 4 is 33.2 Å². The van der Waals surface area contributed by atoms with Gasteiger partial charge in [-0.2, -0.15) is 0 Å². The van der Waals surface area contributed by atoms with Crippen LogP contribution < -0.4 is 4.31 Å². The number of hydrogen-bond acceptors (Lipinski definition) is 3. The second-order valence-corrected chi connectivity index (χ2v) is 9.46. The molecule has 0 aliphatic rings. The minimum absolute atomic E-state index is 0.197. The molecule has 0 heterocycles. The summed E-state index contributed by atoms with van der Waals surface area (Å²) < 4.78 is 27.1. The van der Waals surface area contributed by atoms with Gasteiger partial charge >= 0.3 is 0 Å². The van der Waals surface area contributed by atoms with Crippen molar-refractivity contribution in [2.24, 2.45) is 0 Å². The fourth-order valence-corrected chi connectivity index (χ4v) is 4.40. The van der Waals surface area contributed by atoms with Crippen LogP contribution >= 0.6 is 11.6 Å². The number of sulfonamides is 1. The molecule has 1 amide bonds. The first-order valence-corrected chi connectivity index (χ1v) is 11.2. The Labute approximate surface area is 182 Å². The molecule has 0 saturated carbocycles. The van der Waals surface area contributed by atoms with Gasteiger partial charge in [-0.05, 0) is 48.9 Å². The lowest BCUT2D eigenvalue weighted by Gasteiger charge is -2.22. The molecule has 3 rings (SSSR count). The third kappa shape index (κ3) is 4.66. The number of carbonyl (C=O) groups excluding carboxylic acids is 1. The van der Waals surface area contributed by atoms with E-state index >= 15 is 0 Å². The molecule has 0 unspecified atom stereocenters. The molecule has 0 bridgehead atoms. The standard InChI is InChI=1S/C23H23ClN2O3S/c1-17-11-13-21(14-12-17)30(28,29)26(3)20-9-6-8-18(15-20)23(27)25(2)16-19-7-4-5-10-22(19)24/h4-15H,16H2,1-3H3. The minimum atomic E-state index is -3.73. The number of halogens is 1. The fourth-order valence-electron chi connectivity index (χ4n) is 3.02. The van der Waals surface area contributed by atoms with Crippen LogP contribution in [0.4, 0.5) is 5.69 Å². The molecule has 0 aromatic heterocycles. The molecular weight excluding hydrogens is 420 g/mol. The molecule has 0 saturated heterocycles. The number of anilines is 1. The van der Waals surface area contributed by atoms with E-state index < -0.39 is 10.0 Å². The van der Waals surface area contributed by atoms with E-state index in [1.165, 1.54) is 11.4 Å². The Morgan fingerprint density at radius 2 is 1.60 bits per heavy atom. The van der Waals surface area contributed by atoms with Gasteiger partial charge in [0.2, 0.25) is 0 Å². The number of hydrogen-bond donors (Lipinski definition) is 0. The van der Waals surface area contributed by atoms with Gasteiger partial charge in [0, 0.05) is 31.2 Å². The molecule has 5 nitrogen and oxygen atoms in total. The second-order valence-electron chi connectivity index (χ2n) is 7.09. The number of carbonyl (C=O) groups is 1. The molecule has 0 N–H and O–H groups in total. The first-order valence-electron chi connectivity index (χ1n) is 9.34. The minimum Gasteiger partial charge on any atom is -0.337 e. The molecule has 0 aliphatic heterocycles. The summed E-state index contributed by atoms with van der Waals surface area (Å²) in [7, 11) is -0.571. The predicted molar refractivity (Wildman–Crippen MR) is 120 cm³/mol. The van der Waals surface area contributed by atoms with Gasteiger partial charge < -0.3 is 4.90 Å². The third-order valence-electron chi connectivity index (χ3n) is 4.85.